The second-order valence-corrected chi connectivity index (χ2v) is 8.82. The number of hydrogen-bond donors (Lipinski definition) is 0. The molecule has 0 saturated heterocycles. The van der Waals surface area contributed by atoms with Crippen LogP contribution in [0.2, 0.25) is 0 Å². The highest BCUT2D eigenvalue weighted by molar-refractivity contribution is 5.69. The number of unbranched alkanes of at least 4 members (excludes halogenated alkanes) is 6. The van der Waals surface area contributed by atoms with Gasteiger partial charge < -0.3 is 18.9 Å². The molecule has 0 aliphatic rings. The van der Waals surface area contributed by atoms with Crippen LogP contribution in [0.3, 0.4) is 0 Å². The summed E-state index contributed by atoms with van der Waals surface area (Å²) in [6.07, 6.45) is 12.7. The summed E-state index contributed by atoms with van der Waals surface area (Å²) in [6, 6.07) is 0. The smallest absolute Gasteiger partial charge is 0.305 e. The molecule has 0 spiro atoms. The van der Waals surface area contributed by atoms with E-state index in [2.05, 4.69) is 23.3 Å². The minimum atomic E-state index is -0.123. The van der Waals surface area contributed by atoms with Gasteiger partial charge in [-0.25, -0.2) is 0 Å². The lowest BCUT2D eigenvalue weighted by atomic mass is 9.99. The average molecular weight is 445 g/mol. The fraction of sp³-hybridized carbons (Fsp3) is 0.920. The van der Waals surface area contributed by atoms with E-state index < -0.39 is 0 Å². The van der Waals surface area contributed by atoms with Crippen molar-refractivity contribution in [3.05, 3.63) is 0 Å². The quantitative estimate of drug-likeness (QED) is 0.157. The first-order valence-electron chi connectivity index (χ1n) is 12.3. The first-order chi connectivity index (χ1) is 15.0. The van der Waals surface area contributed by atoms with Gasteiger partial charge in [0.2, 0.25) is 0 Å². The van der Waals surface area contributed by atoms with Crippen molar-refractivity contribution in [1.29, 1.82) is 0 Å². The van der Waals surface area contributed by atoms with E-state index in [0.29, 0.717) is 18.8 Å². The van der Waals surface area contributed by atoms with Crippen molar-refractivity contribution >= 4 is 11.9 Å². The molecule has 0 aromatic heterocycles. The highest BCUT2D eigenvalue weighted by atomic mass is 16.5. The lowest BCUT2D eigenvalue weighted by molar-refractivity contribution is -0.141. The van der Waals surface area contributed by atoms with Gasteiger partial charge in [0.25, 0.3) is 0 Å². The van der Waals surface area contributed by atoms with E-state index in [4.69, 9.17) is 9.47 Å². The van der Waals surface area contributed by atoms with E-state index >= 15 is 0 Å². The van der Waals surface area contributed by atoms with Crippen molar-refractivity contribution in [3.63, 3.8) is 0 Å². The van der Waals surface area contributed by atoms with Gasteiger partial charge in [-0.3, -0.25) is 9.59 Å². The van der Waals surface area contributed by atoms with Crippen molar-refractivity contribution in [1.82, 2.24) is 0 Å². The Balaban J connectivity index is 3.82. The Morgan fingerprint density at radius 2 is 1.06 bits per heavy atom. The van der Waals surface area contributed by atoms with Gasteiger partial charge >= 0.3 is 11.9 Å². The summed E-state index contributed by atoms with van der Waals surface area (Å²) in [5.41, 5.74) is 0. The molecule has 0 N–H and O–H groups in total. The van der Waals surface area contributed by atoms with Crippen LogP contribution in [0, 0.1) is 11.8 Å². The molecule has 6 heteroatoms. The normalized spacial score (nSPS) is 11.3. The molecule has 184 valence electrons. The summed E-state index contributed by atoms with van der Waals surface area (Å²) < 4.78 is 21.2. The number of rotatable bonds is 22. The van der Waals surface area contributed by atoms with Gasteiger partial charge in [-0.2, -0.15) is 0 Å². The molecule has 0 radical (unpaired) electrons. The van der Waals surface area contributed by atoms with Crippen LogP contribution in [0.25, 0.3) is 0 Å². The molecule has 0 rings (SSSR count). The third-order valence-corrected chi connectivity index (χ3v) is 5.40. The summed E-state index contributed by atoms with van der Waals surface area (Å²) in [4.78, 5) is 22.2. The van der Waals surface area contributed by atoms with Crippen LogP contribution in [-0.2, 0) is 28.5 Å². The Hall–Kier alpha value is -1.14. The van der Waals surface area contributed by atoms with Gasteiger partial charge in [0, 0.05) is 32.0 Å². The Morgan fingerprint density at radius 1 is 0.613 bits per heavy atom. The SMILES string of the molecule is COC(=O)CCCCCCOCC(CCCC(C)C)COCCCCCCC(=O)OC. The predicted octanol–water partition coefficient (Wildman–Crippen LogP) is 5.71. The largest absolute Gasteiger partial charge is 0.469 e. The number of methoxy groups -OCH3 is 2. The summed E-state index contributed by atoms with van der Waals surface area (Å²) >= 11 is 0. The Bertz CT molecular complexity index is 392. The molecule has 0 aromatic carbocycles. The second kappa shape index (κ2) is 22.1. The molecule has 0 atom stereocenters. The topological polar surface area (TPSA) is 71.1 Å². The molecule has 0 amide bonds. The zero-order chi connectivity index (χ0) is 23.2. The maximum Gasteiger partial charge on any atom is 0.305 e. The van der Waals surface area contributed by atoms with E-state index in [1.807, 2.05) is 0 Å². The maximum absolute atomic E-state index is 11.1. The molecular weight excluding hydrogens is 396 g/mol. The van der Waals surface area contributed by atoms with Gasteiger partial charge in [0.15, 0.2) is 0 Å². The summed E-state index contributed by atoms with van der Waals surface area (Å²) in [5.74, 6) is 0.943. The van der Waals surface area contributed by atoms with Crippen molar-refractivity contribution in [2.45, 2.75) is 97.3 Å². The van der Waals surface area contributed by atoms with Crippen molar-refractivity contribution in [2.24, 2.45) is 11.8 Å². The highest BCUT2D eigenvalue weighted by Gasteiger charge is 2.10. The van der Waals surface area contributed by atoms with Crippen LogP contribution >= 0.6 is 0 Å². The molecule has 0 aliphatic heterocycles. The summed E-state index contributed by atoms with van der Waals surface area (Å²) in [6.45, 7) is 7.61. The fourth-order valence-corrected chi connectivity index (χ4v) is 3.39. The number of esters is 2. The monoisotopic (exact) mass is 444 g/mol. The Kier molecular flexibility index (Phi) is 21.3. The zero-order valence-electron chi connectivity index (χ0n) is 20.6. The molecule has 0 heterocycles. The number of carbonyl (C=O) groups is 2. The Labute approximate surface area is 190 Å². The first-order valence-corrected chi connectivity index (χ1v) is 12.3. The number of ether oxygens (including phenoxy) is 4. The van der Waals surface area contributed by atoms with E-state index in [1.54, 1.807) is 0 Å². The standard InChI is InChI=1S/C25H48O6/c1-22(2)14-13-15-23(20-30-18-11-7-5-9-16-24(26)28-3)21-31-19-12-8-6-10-17-25(27)29-4/h22-23H,5-21H2,1-4H3. The molecule has 0 aliphatic carbocycles. The fourth-order valence-electron chi connectivity index (χ4n) is 3.39. The van der Waals surface area contributed by atoms with Crippen molar-refractivity contribution in [2.75, 3.05) is 40.6 Å². The zero-order valence-corrected chi connectivity index (χ0v) is 20.6. The summed E-state index contributed by atoms with van der Waals surface area (Å²) in [7, 11) is 2.87. The molecule has 6 nitrogen and oxygen atoms in total. The van der Waals surface area contributed by atoms with E-state index in [0.717, 1.165) is 90.1 Å². The van der Waals surface area contributed by atoms with E-state index in [1.165, 1.54) is 27.1 Å². The van der Waals surface area contributed by atoms with Gasteiger partial charge in [-0.1, -0.05) is 52.4 Å². The number of hydrogen-bond acceptors (Lipinski definition) is 6. The van der Waals surface area contributed by atoms with Crippen molar-refractivity contribution in [3.8, 4) is 0 Å². The average Bonchev–Trinajstić information content (AvgIpc) is 2.75. The second-order valence-electron chi connectivity index (χ2n) is 8.82. The van der Waals surface area contributed by atoms with E-state index in [-0.39, 0.29) is 11.9 Å². The van der Waals surface area contributed by atoms with Gasteiger partial charge in [-0.05, 0) is 38.0 Å². The molecule has 0 unspecified atom stereocenters. The maximum atomic E-state index is 11.1. The molecule has 0 bridgehead atoms. The third-order valence-electron chi connectivity index (χ3n) is 5.40. The van der Waals surface area contributed by atoms with Crippen LogP contribution in [0.15, 0.2) is 0 Å². The molecular formula is C25H48O6. The molecule has 0 saturated carbocycles. The lowest BCUT2D eigenvalue weighted by Crippen LogP contribution is -2.17. The minimum absolute atomic E-state index is 0.123. The molecule has 31 heavy (non-hydrogen) atoms. The van der Waals surface area contributed by atoms with Crippen LogP contribution in [0.5, 0.6) is 0 Å². The summed E-state index contributed by atoms with van der Waals surface area (Å²) in [5, 5.41) is 0. The first kappa shape index (κ1) is 29.9. The predicted molar refractivity (Wildman–Crippen MR) is 124 cm³/mol. The highest BCUT2D eigenvalue weighted by Crippen LogP contribution is 2.15. The molecule has 0 aromatic rings. The van der Waals surface area contributed by atoms with Crippen LogP contribution < -0.4 is 0 Å². The lowest BCUT2D eigenvalue weighted by Gasteiger charge is -2.18. The molecule has 0 fully saturated rings. The Morgan fingerprint density at radius 3 is 1.48 bits per heavy atom. The van der Waals surface area contributed by atoms with Crippen LogP contribution in [0.4, 0.5) is 0 Å². The minimum Gasteiger partial charge on any atom is -0.469 e. The number of carbonyl (C=O) groups excluding carboxylic acids is 2. The van der Waals surface area contributed by atoms with Crippen LogP contribution in [0.1, 0.15) is 97.3 Å². The van der Waals surface area contributed by atoms with Gasteiger partial charge in [0.05, 0.1) is 27.4 Å². The van der Waals surface area contributed by atoms with E-state index in [9.17, 15) is 9.59 Å². The van der Waals surface area contributed by atoms with Crippen molar-refractivity contribution < 1.29 is 28.5 Å². The van der Waals surface area contributed by atoms with Gasteiger partial charge in [0.1, 0.15) is 0 Å². The van der Waals surface area contributed by atoms with Crippen LogP contribution in [-0.4, -0.2) is 52.6 Å². The third kappa shape index (κ3) is 21.9. The van der Waals surface area contributed by atoms with Gasteiger partial charge in [-0.15, -0.1) is 0 Å².